The predicted molar refractivity (Wildman–Crippen MR) is 86.5 cm³/mol. The van der Waals surface area contributed by atoms with Crippen LogP contribution < -0.4 is 10.1 Å². The van der Waals surface area contributed by atoms with Crippen LogP contribution in [0.15, 0.2) is 24.3 Å². The summed E-state index contributed by atoms with van der Waals surface area (Å²) in [5, 5.41) is 12.3. The highest BCUT2D eigenvalue weighted by molar-refractivity contribution is 5.27. The lowest BCUT2D eigenvalue weighted by molar-refractivity contribution is 0.0539. The van der Waals surface area contributed by atoms with Crippen LogP contribution in [0.25, 0.3) is 0 Å². The van der Waals surface area contributed by atoms with Gasteiger partial charge in [-0.3, -0.25) is 0 Å². The molecular weight excluding hydrogens is 276 g/mol. The van der Waals surface area contributed by atoms with E-state index in [2.05, 4.69) is 25.2 Å². The molecule has 22 heavy (non-hydrogen) atoms. The predicted octanol–water partition coefficient (Wildman–Crippen LogP) is 3.13. The fourth-order valence-corrected chi connectivity index (χ4v) is 2.93. The van der Waals surface area contributed by atoms with Gasteiger partial charge in [-0.15, -0.1) is 0 Å². The number of hydrogen-bond donors (Lipinski definition) is 1. The number of rotatable bonds is 7. The summed E-state index contributed by atoms with van der Waals surface area (Å²) in [5.74, 6) is 1.92. The van der Waals surface area contributed by atoms with E-state index < -0.39 is 6.10 Å². The molecule has 0 radical (unpaired) electrons. The Balaban J connectivity index is 1.76. The number of benzene rings is 1. The molecule has 120 valence electrons. The number of nitrogens with one attached hydrogen (secondary N) is 1. The molecule has 1 aliphatic heterocycles. The van der Waals surface area contributed by atoms with Gasteiger partial charge in [0.2, 0.25) is 0 Å². The first-order valence-electron chi connectivity index (χ1n) is 8.07. The second-order valence-corrected chi connectivity index (χ2v) is 6.29. The Hall–Kier alpha value is -1.57. The molecule has 0 saturated carbocycles. The molecular formula is C18H26N2O2. The summed E-state index contributed by atoms with van der Waals surface area (Å²) in [6.07, 6.45) is 1.12. The van der Waals surface area contributed by atoms with Crippen LogP contribution in [0.5, 0.6) is 5.75 Å². The third kappa shape index (κ3) is 4.72. The average molecular weight is 302 g/mol. The molecule has 1 fully saturated rings. The first-order valence-corrected chi connectivity index (χ1v) is 8.07. The minimum atomic E-state index is -0.417. The van der Waals surface area contributed by atoms with Crippen molar-refractivity contribution in [1.82, 2.24) is 5.32 Å². The Labute approximate surface area is 133 Å². The van der Waals surface area contributed by atoms with Gasteiger partial charge in [0.05, 0.1) is 6.10 Å². The standard InChI is InChI=1S/C18H26N2O2/c1-13(2)18-16(8-9-21-18)12-20-11-15-4-6-17(7-5-15)22-14(3)10-19/h4-7,13-14,16,18,20H,8-9,11-12H2,1-3H3/t14-,16+,18+/m0/s1. The molecule has 3 atom stereocenters. The Bertz CT molecular complexity index is 493. The van der Waals surface area contributed by atoms with E-state index in [0.29, 0.717) is 17.9 Å². The second-order valence-electron chi connectivity index (χ2n) is 6.29. The summed E-state index contributed by atoms with van der Waals surface area (Å²) in [7, 11) is 0. The van der Waals surface area contributed by atoms with Crippen LogP contribution in [0.4, 0.5) is 0 Å². The van der Waals surface area contributed by atoms with E-state index in [9.17, 15) is 0 Å². The fraction of sp³-hybridized carbons (Fsp3) is 0.611. The van der Waals surface area contributed by atoms with Crippen LogP contribution in [0.2, 0.25) is 0 Å². The van der Waals surface area contributed by atoms with Crippen molar-refractivity contribution in [3.63, 3.8) is 0 Å². The summed E-state index contributed by atoms with van der Waals surface area (Å²) in [4.78, 5) is 0. The van der Waals surface area contributed by atoms with Crippen molar-refractivity contribution >= 4 is 0 Å². The minimum Gasteiger partial charge on any atom is -0.476 e. The first-order chi connectivity index (χ1) is 10.6. The second kappa shape index (κ2) is 8.17. The van der Waals surface area contributed by atoms with Gasteiger partial charge < -0.3 is 14.8 Å². The monoisotopic (exact) mass is 302 g/mol. The Morgan fingerprint density at radius 2 is 2.05 bits per heavy atom. The molecule has 4 heteroatoms. The normalized spacial score (nSPS) is 22.5. The van der Waals surface area contributed by atoms with Crippen molar-refractivity contribution in [2.24, 2.45) is 11.8 Å². The zero-order valence-electron chi connectivity index (χ0n) is 13.7. The lowest BCUT2D eigenvalue weighted by Gasteiger charge is -2.22. The van der Waals surface area contributed by atoms with Crippen molar-refractivity contribution in [3.8, 4) is 11.8 Å². The lowest BCUT2D eigenvalue weighted by Crippen LogP contribution is -2.31. The largest absolute Gasteiger partial charge is 0.476 e. The molecule has 0 aromatic heterocycles. The highest BCUT2D eigenvalue weighted by Gasteiger charge is 2.29. The quantitative estimate of drug-likeness (QED) is 0.841. The van der Waals surface area contributed by atoms with Gasteiger partial charge in [-0.25, -0.2) is 0 Å². The molecule has 1 aromatic rings. The number of nitrogens with zero attached hydrogens (tertiary/aromatic N) is 1. The molecule has 1 saturated heterocycles. The van der Waals surface area contributed by atoms with E-state index in [1.54, 1.807) is 6.92 Å². The Morgan fingerprint density at radius 3 is 2.68 bits per heavy atom. The summed E-state index contributed by atoms with van der Waals surface area (Å²) in [6.45, 7) is 8.92. The minimum absolute atomic E-state index is 0.385. The maximum Gasteiger partial charge on any atom is 0.181 e. The summed E-state index contributed by atoms with van der Waals surface area (Å²) >= 11 is 0. The van der Waals surface area contributed by atoms with Gasteiger partial charge in [-0.1, -0.05) is 26.0 Å². The highest BCUT2D eigenvalue weighted by Crippen LogP contribution is 2.26. The van der Waals surface area contributed by atoms with Gasteiger partial charge in [-0.2, -0.15) is 5.26 Å². The molecule has 1 aromatic carbocycles. The summed E-state index contributed by atoms with van der Waals surface area (Å²) in [5.41, 5.74) is 1.22. The maximum absolute atomic E-state index is 8.74. The Morgan fingerprint density at radius 1 is 1.32 bits per heavy atom. The van der Waals surface area contributed by atoms with Gasteiger partial charge in [-0.05, 0) is 42.9 Å². The molecule has 2 rings (SSSR count). The third-order valence-electron chi connectivity index (χ3n) is 4.07. The van der Waals surface area contributed by atoms with E-state index >= 15 is 0 Å². The molecule has 1 heterocycles. The Kier molecular flexibility index (Phi) is 6.23. The summed E-state index contributed by atoms with van der Waals surface area (Å²) in [6, 6.07) is 9.97. The van der Waals surface area contributed by atoms with Crippen molar-refractivity contribution in [1.29, 1.82) is 5.26 Å². The molecule has 0 bridgehead atoms. The first kappa shape index (κ1) is 16.8. The summed E-state index contributed by atoms with van der Waals surface area (Å²) < 4.78 is 11.3. The number of hydrogen-bond acceptors (Lipinski definition) is 4. The third-order valence-corrected chi connectivity index (χ3v) is 4.07. The lowest BCUT2D eigenvalue weighted by atomic mass is 9.93. The van der Waals surface area contributed by atoms with Gasteiger partial charge in [0.25, 0.3) is 0 Å². The van der Waals surface area contributed by atoms with Crippen LogP contribution in [-0.4, -0.2) is 25.4 Å². The number of ether oxygens (including phenoxy) is 2. The van der Waals surface area contributed by atoms with Crippen LogP contribution in [0, 0.1) is 23.2 Å². The molecule has 0 spiro atoms. The van der Waals surface area contributed by atoms with Crippen LogP contribution in [0.3, 0.4) is 0 Å². The van der Waals surface area contributed by atoms with Crippen molar-refractivity contribution in [2.45, 2.75) is 45.9 Å². The molecule has 1 aliphatic rings. The molecule has 0 unspecified atom stereocenters. The highest BCUT2D eigenvalue weighted by atomic mass is 16.5. The topological polar surface area (TPSA) is 54.3 Å². The SMILES string of the molecule is CC(C)[C@H]1OCC[C@@H]1CNCc1ccc(O[C@@H](C)C#N)cc1. The van der Waals surface area contributed by atoms with Crippen LogP contribution in [0.1, 0.15) is 32.8 Å². The van der Waals surface area contributed by atoms with E-state index in [-0.39, 0.29) is 0 Å². The molecule has 0 amide bonds. The fourth-order valence-electron chi connectivity index (χ4n) is 2.93. The van der Waals surface area contributed by atoms with E-state index in [1.807, 2.05) is 24.3 Å². The van der Waals surface area contributed by atoms with Crippen molar-refractivity contribution < 1.29 is 9.47 Å². The maximum atomic E-state index is 8.74. The zero-order valence-corrected chi connectivity index (χ0v) is 13.7. The number of nitriles is 1. The van der Waals surface area contributed by atoms with Gasteiger partial charge in [0.1, 0.15) is 11.8 Å². The smallest absolute Gasteiger partial charge is 0.181 e. The van der Waals surface area contributed by atoms with E-state index in [0.717, 1.165) is 31.9 Å². The van der Waals surface area contributed by atoms with Crippen molar-refractivity contribution in [2.75, 3.05) is 13.2 Å². The van der Waals surface area contributed by atoms with Gasteiger partial charge in [0, 0.05) is 19.7 Å². The van der Waals surface area contributed by atoms with Crippen LogP contribution >= 0.6 is 0 Å². The van der Waals surface area contributed by atoms with E-state index in [4.69, 9.17) is 14.7 Å². The molecule has 1 N–H and O–H groups in total. The zero-order chi connectivity index (χ0) is 15.9. The molecule has 0 aliphatic carbocycles. The van der Waals surface area contributed by atoms with E-state index in [1.165, 1.54) is 5.56 Å². The van der Waals surface area contributed by atoms with Crippen LogP contribution in [-0.2, 0) is 11.3 Å². The van der Waals surface area contributed by atoms with Gasteiger partial charge >= 0.3 is 0 Å². The van der Waals surface area contributed by atoms with Gasteiger partial charge in [0.15, 0.2) is 6.10 Å². The molecule has 4 nitrogen and oxygen atoms in total. The van der Waals surface area contributed by atoms with Crippen molar-refractivity contribution in [3.05, 3.63) is 29.8 Å². The average Bonchev–Trinajstić information content (AvgIpc) is 2.97.